The first-order valence-electron chi connectivity index (χ1n) is 11.2. The number of halogens is 2. The molecule has 1 aromatic heterocycles. The Labute approximate surface area is 224 Å². The Hall–Kier alpha value is -3.33. The molecule has 0 radical (unpaired) electrons. The minimum absolute atomic E-state index is 0.108. The van der Waals surface area contributed by atoms with Crippen LogP contribution < -0.4 is 15.5 Å². The molecule has 7 nitrogen and oxygen atoms in total. The molecule has 0 aliphatic carbocycles. The molecule has 2 aromatic carbocycles. The maximum atomic E-state index is 12.3. The molecule has 2 N–H and O–H groups in total. The lowest BCUT2D eigenvalue weighted by molar-refractivity contribution is -0.129. The molecule has 1 saturated heterocycles. The lowest BCUT2D eigenvalue weighted by Gasteiger charge is -2.35. The minimum atomic E-state index is -0.392. The Morgan fingerprint density at radius 2 is 1.64 bits per heavy atom. The van der Waals surface area contributed by atoms with Gasteiger partial charge in [-0.1, -0.05) is 23.2 Å². The van der Waals surface area contributed by atoms with Gasteiger partial charge in [0.25, 0.3) is 0 Å². The number of nitrogens with one attached hydrogen (secondary N) is 2. The van der Waals surface area contributed by atoms with Gasteiger partial charge in [0.15, 0.2) is 5.11 Å². The standard InChI is InChI=1S/C26H24Cl2N4O3S/c1-17(33)31-10-12-32(13-11-31)22-4-2-21(3-5-22)29-26(36)30-25(34)9-7-23-6-8-24(35-23)18-14-19(27)16-20(28)15-18/h2-9,14-16H,10-13H2,1H3,(H2,29,30,34,36)/b9-7+. The number of hydrogen-bond donors (Lipinski definition) is 2. The van der Waals surface area contributed by atoms with Gasteiger partial charge in [-0.2, -0.15) is 0 Å². The molecule has 1 aliphatic rings. The summed E-state index contributed by atoms with van der Waals surface area (Å²) in [6, 6.07) is 16.4. The highest BCUT2D eigenvalue weighted by Gasteiger charge is 2.18. The fraction of sp³-hybridized carbons (Fsp3) is 0.192. The van der Waals surface area contributed by atoms with E-state index in [1.54, 1.807) is 43.3 Å². The van der Waals surface area contributed by atoms with Gasteiger partial charge in [0.1, 0.15) is 11.5 Å². The highest BCUT2D eigenvalue weighted by molar-refractivity contribution is 7.80. The third kappa shape index (κ3) is 6.87. The van der Waals surface area contributed by atoms with Gasteiger partial charge in [0, 0.05) is 66.2 Å². The summed E-state index contributed by atoms with van der Waals surface area (Å²) in [6.07, 6.45) is 2.89. The van der Waals surface area contributed by atoms with Gasteiger partial charge in [-0.3, -0.25) is 14.9 Å². The quantitative estimate of drug-likeness (QED) is 0.329. The van der Waals surface area contributed by atoms with Crippen molar-refractivity contribution in [1.29, 1.82) is 0 Å². The zero-order valence-electron chi connectivity index (χ0n) is 19.5. The van der Waals surface area contributed by atoms with Gasteiger partial charge in [-0.15, -0.1) is 0 Å². The summed E-state index contributed by atoms with van der Waals surface area (Å²) < 4.78 is 5.75. The second-order valence-corrected chi connectivity index (χ2v) is 9.46. The fourth-order valence-corrected chi connectivity index (χ4v) is 4.55. The summed E-state index contributed by atoms with van der Waals surface area (Å²) >= 11 is 17.4. The normalized spacial score (nSPS) is 13.6. The molecule has 1 fully saturated rings. The first-order valence-corrected chi connectivity index (χ1v) is 12.4. The molecule has 0 unspecified atom stereocenters. The Morgan fingerprint density at radius 1 is 0.972 bits per heavy atom. The van der Waals surface area contributed by atoms with Crippen molar-refractivity contribution in [1.82, 2.24) is 10.2 Å². The topological polar surface area (TPSA) is 77.8 Å². The van der Waals surface area contributed by atoms with Crippen molar-refractivity contribution in [2.75, 3.05) is 36.4 Å². The summed E-state index contributed by atoms with van der Waals surface area (Å²) in [5.74, 6) is 0.795. The van der Waals surface area contributed by atoms with E-state index in [-0.39, 0.29) is 11.0 Å². The summed E-state index contributed by atoms with van der Waals surface area (Å²) in [6.45, 7) is 4.61. The molecule has 2 heterocycles. The van der Waals surface area contributed by atoms with E-state index in [2.05, 4.69) is 15.5 Å². The van der Waals surface area contributed by atoms with Crippen LogP contribution in [0.1, 0.15) is 12.7 Å². The second-order valence-electron chi connectivity index (χ2n) is 8.18. The molecule has 4 rings (SSSR count). The average Bonchev–Trinajstić information content (AvgIpc) is 3.32. The zero-order valence-corrected chi connectivity index (χ0v) is 21.8. The molecule has 10 heteroatoms. The van der Waals surface area contributed by atoms with Crippen molar-refractivity contribution in [2.24, 2.45) is 0 Å². The van der Waals surface area contributed by atoms with E-state index < -0.39 is 5.91 Å². The molecule has 2 amide bonds. The summed E-state index contributed by atoms with van der Waals surface area (Å²) in [5, 5.41) is 6.82. The van der Waals surface area contributed by atoms with E-state index in [4.69, 9.17) is 39.8 Å². The van der Waals surface area contributed by atoms with Crippen LogP contribution in [0, 0.1) is 0 Å². The lowest BCUT2D eigenvalue weighted by Crippen LogP contribution is -2.48. The Bertz CT molecular complexity index is 1280. The van der Waals surface area contributed by atoms with Gasteiger partial charge in [-0.05, 0) is 72.9 Å². The van der Waals surface area contributed by atoms with E-state index in [1.165, 1.54) is 6.08 Å². The number of piperazine rings is 1. The van der Waals surface area contributed by atoms with Crippen LogP contribution in [0.5, 0.6) is 0 Å². The average molecular weight is 543 g/mol. The second kappa shape index (κ2) is 11.6. The number of benzene rings is 2. The summed E-state index contributed by atoms with van der Waals surface area (Å²) in [5.41, 5.74) is 2.57. The predicted octanol–water partition coefficient (Wildman–Crippen LogP) is 5.45. The summed E-state index contributed by atoms with van der Waals surface area (Å²) in [4.78, 5) is 27.9. The molecular formula is C26H24Cl2N4O3S. The van der Waals surface area contributed by atoms with E-state index in [9.17, 15) is 9.59 Å². The highest BCUT2D eigenvalue weighted by Crippen LogP contribution is 2.29. The minimum Gasteiger partial charge on any atom is -0.457 e. The van der Waals surface area contributed by atoms with Crippen LogP contribution in [0.2, 0.25) is 10.0 Å². The fourth-order valence-electron chi connectivity index (χ4n) is 3.80. The number of anilines is 2. The van der Waals surface area contributed by atoms with Gasteiger partial charge >= 0.3 is 0 Å². The van der Waals surface area contributed by atoms with Crippen molar-refractivity contribution >= 4 is 69.8 Å². The van der Waals surface area contributed by atoms with Crippen molar-refractivity contribution in [3.8, 4) is 11.3 Å². The van der Waals surface area contributed by atoms with E-state index in [0.717, 1.165) is 30.0 Å². The van der Waals surface area contributed by atoms with E-state index in [1.807, 2.05) is 29.2 Å². The Kier molecular flexibility index (Phi) is 8.30. The summed E-state index contributed by atoms with van der Waals surface area (Å²) in [7, 11) is 0. The number of nitrogens with zero attached hydrogens (tertiary/aromatic N) is 2. The number of thiocarbonyl (C=S) groups is 1. The third-order valence-corrected chi connectivity index (χ3v) is 6.27. The first-order chi connectivity index (χ1) is 17.3. The number of carbonyl (C=O) groups is 2. The largest absolute Gasteiger partial charge is 0.457 e. The molecule has 1 aliphatic heterocycles. The molecular weight excluding hydrogens is 519 g/mol. The van der Waals surface area contributed by atoms with Crippen molar-refractivity contribution in [3.63, 3.8) is 0 Å². The number of amides is 2. The van der Waals surface area contributed by atoms with Gasteiger partial charge in [0.05, 0.1) is 0 Å². The molecule has 36 heavy (non-hydrogen) atoms. The van der Waals surface area contributed by atoms with Crippen molar-refractivity contribution in [3.05, 3.63) is 76.5 Å². The molecule has 3 aromatic rings. The third-order valence-electron chi connectivity index (χ3n) is 5.62. The van der Waals surface area contributed by atoms with Crippen LogP contribution in [0.15, 0.2) is 65.1 Å². The van der Waals surface area contributed by atoms with Crippen LogP contribution in [0.3, 0.4) is 0 Å². The van der Waals surface area contributed by atoms with Crippen LogP contribution in [-0.2, 0) is 9.59 Å². The number of furan rings is 1. The highest BCUT2D eigenvalue weighted by atomic mass is 35.5. The van der Waals surface area contributed by atoms with Crippen molar-refractivity contribution < 1.29 is 14.0 Å². The van der Waals surface area contributed by atoms with Gasteiger partial charge in [0.2, 0.25) is 11.8 Å². The lowest BCUT2D eigenvalue weighted by atomic mass is 10.2. The maximum Gasteiger partial charge on any atom is 0.250 e. The van der Waals surface area contributed by atoms with Crippen LogP contribution in [-0.4, -0.2) is 48.0 Å². The monoisotopic (exact) mass is 542 g/mol. The SMILES string of the molecule is CC(=O)N1CCN(c2ccc(NC(=S)NC(=O)/C=C/c3ccc(-c4cc(Cl)cc(Cl)c4)o3)cc2)CC1. The first kappa shape index (κ1) is 25.8. The van der Waals surface area contributed by atoms with Crippen LogP contribution in [0.25, 0.3) is 17.4 Å². The molecule has 0 atom stereocenters. The maximum absolute atomic E-state index is 12.3. The molecule has 186 valence electrons. The molecule has 0 spiro atoms. The van der Waals surface area contributed by atoms with E-state index in [0.29, 0.717) is 34.7 Å². The van der Waals surface area contributed by atoms with Gasteiger partial charge < -0.3 is 19.5 Å². The number of rotatable bonds is 5. The smallest absolute Gasteiger partial charge is 0.250 e. The Balaban J connectivity index is 1.27. The van der Waals surface area contributed by atoms with Crippen LogP contribution >= 0.6 is 35.4 Å². The van der Waals surface area contributed by atoms with Crippen molar-refractivity contribution in [2.45, 2.75) is 6.92 Å². The molecule has 0 saturated carbocycles. The molecule has 0 bridgehead atoms. The number of hydrogen-bond acceptors (Lipinski definition) is 5. The predicted molar refractivity (Wildman–Crippen MR) is 148 cm³/mol. The van der Waals surface area contributed by atoms with Gasteiger partial charge in [-0.25, -0.2) is 0 Å². The zero-order chi connectivity index (χ0) is 25.7. The van der Waals surface area contributed by atoms with Crippen LogP contribution in [0.4, 0.5) is 11.4 Å². The Morgan fingerprint density at radius 3 is 2.28 bits per heavy atom. The number of carbonyl (C=O) groups excluding carboxylic acids is 2. The van der Waals surface area contributed by atoms with E-state index >= 15 is 0 Å².